The van der Waals surface area contributed by atoms with Crippen LogP contribution >= 0.6 is 0 Å². The number of ether oxygens (including phenoxy) is 3. The van der Waals surface area contributed by atoms with Crippen LogP contribution in [0.1, 0.15) is 41.6 Å². The van der Waals surface area contributed by atoms with Gasteiger partial charge in [0, 0.05) is 43.3 Å². The van der Waals surface area contributed by atoms with Crippen LogP contribution in [0.5, 0.6) is 0 Å². The highest BCUT2D eigenvalue weighted by atomic mass is 16.7. The first kappa shape index (κ1) is 27.3. The molecule has 2 fully saturated rings. The number of urea groups is 1. The molecule has 2 amide bonds. The molecule has 2 heterocycles. The fourth-order valence-corrected chi connectivity index (χ4v) is 5.04. The van der Waals surface area contributed by atoms with Crippen LogP contribution in [0.3, 0.4) is 0 Å². The van der Waals surface area contributed by atoms with Gasteiger partial charge in [0.05, 0.1) is 32.0 Å². The maximum atomic E-state index is 12.4. The van der Waals surface area contributed by atoms with Crippen LogP contribution in [-0.4, -0.2) is 55.0 Å². The van der Waals surface area contributed by atoms with Crippen LogP contribution in [0.2, 0.25) is 0 Å². The molecule has 206 valence electrons. The molecule has 0 spiro atoms. The SMILES string of the molecule is C[C@H]1[C@@H](CN2CCOCC2)O[C@@H](c2ccc(NC(=O)NCc3ccccc3)cc2)O[C@H]1c1ccc(CO)cc1. The first-order valence-electron chi connectivity index (χ1n) is 13.6. The third-order valence-electron chi connectivity index (χ3n) is 7.40. The summed E-state index contributed by atoms with van der Waals surface area (Å²) < 4.78 is 18.6. The summed E-state index contributed by atoms with van der Waals surface area (Å²) in [5, 5.41) is 15.2. The summed E-state index contributed by atoms with van der Waals surface area (Å²) >= 11 is 0. The number of carbonyl (C=O) groups excluding carboxylic acids is 1. The van der Waals surface area contributed by atoms with Crippen LogP contribution in [-0.2, 0) is 27.4 Å². The molecular weight excluding hydrogens is 494 g/mol. The van der Waals surface area contributed by atoms with E-state index in [4.69, 9.17) is 14.2 Å². The number of carbonyl (C=O) groups is 1. The molecule has 3 N–H and O–H groups in total. The predicted octanol–water partition coefficient (Wildman–Crippen LogP) is 4.62. The number of anilines is 1. The number of aliphatic hydroxyl groups is 1. The molecule has 3 aromatic rings. The molecule has 0 saturated carbocycles. The van der Waals surface area contributed by atoms with E-state index in [0.29, 0.717) is 12.2 Å². The number of morpholine rings is 1. The molecule has 8 heteroatoms. The number of benzene rings is 3. The van der Waals surface area contributed by atoms with Gasteiger partial charge >= 0.3 is 6.03 Å². The second-order valence-corrected chi connectivity index (χ2v) is 10.2. The molecule has 0 unspecified atom stereocenters. The van der Waals surface area contributed by atoms with Crippen molar-refractivity contribution in [3.63, 3.8) is 0 Å². The molecule has 2 saturated heterocycles. The van der Waals surface area contributed by atoms with Crippen molar-refractivity contribution in [1.82, 2.24) is 10.2 Å². The molecule has 2 aliphatic heterocycles. The van der Waals surface area contributed by atoms with Gasteiger partial charge in [-0.25, -0.2) is 4.79 Å². The van der Waals surface area contributed by atoms with E-state index in [2.05, 4.69) is 22.5 Å². The number of nitrogens with zero attached hydrogens (tertiary/aromatic N) is 1. The van der Waals surface area contributed by atoms with Crippen molar-refractivity contribution in [1.29, 1.82) is 0 Å². The van der Waals surface area contributed by atoms with Crippen LogP contribution in [0.4, 0.5) is 10.5 Å². The van der Waals surface area contributed by atoms with Gasteiger partial charge in [-0.2, -0.15) is 0 Å². The van der Waals surface area contributed by atoms with Gasteiger partial charge in [0.1, 0.15) is 0 Å². The molecule has 0 aromatic heterocycles. The normalized spacial score (nSPS) is 23.7. The van der Waals surface area contributed by atoms with Gasteiger partial charge in [-0.05, 0) is 28.8 Å². The minimum Gasteiger partial charge on any atom is -0.392 e. The summed E-state index contributed by atoms with van der Waals surface area (Å²) in [6.45, 7) is 6.70. The minimum absolute atomic E-state index is 0.0113. The van der Waals surface area contributed by atoms with Crippen LogP contribution in [0.15, 0.2) is 78.9 Å². The number of hydrogen-bond donors (Lipinski definition) is 3. The van der Waals surface area contributed by atoms with Crippen molar-refractivity contribution < 1.29 is 24.1 Å². The summed E-state index contributed by atoms with van der Waals surface area (Å²) in [5.41, 5.74) is 4.55. The van der Waals surface area contributed by atoms with Gasteiger partial charge in [0.2, 0.25) is 0 Å². The van der Waals surface area contributed by atoms with Gasteiger partial charge < -0.3 is 30.0 Å². The van der Waals surface area contributed by atoms with Gasteiger partial charge in [0.15, 0.2) is 6.29 Å². The standard InChI is InChI=1S/C31H37N3O5/c1-22-28(20-34-15-17-37-18-16-34)38-30(39-29(22)25-9-7-24(21-35)8-10-25)26-11-13-27(14-12-26)33-31(36)32-19-23-5-3-2-4-6-23/h2-14,22,28-30,35H,15-21H2,1H3,(H2,32,33,36)/t22-,28+,29+,30+/m0/s1. The van der Waals surface area contributed by atoms with E-state index in [1.54, 1.807) is 0 Å². The van der Waals surface area contributed by atoms with E-state index in [1.165, 1.54) is 0 Å². The number of rotatable bonds is 8. The average Bonchev–Trinajstić information content (AvgIpc) is 2.99. The molecule has 0 bridgehead atoms. The monoisotopic (exact) mass is 531 g/mol. The van der Waals surface area contributed by atoms with E-state index in [-0.39, 0.29) is 30.8 Å². The van der Waals surface area contributed by atoms with E-state index in [1.807, 2.05) is 78.9 Å². The zero-order valence-corrected chi connectivity index (χ0v) is 22.3. The Morgan fingerprint density at radius 3 is 2.28 bits per heavy atom. The zero-order chi connectivity index (χ0) is 27.0. The summed E-state index contributed by atoms with van der Waals surface area (Å²) in [6, 6.07) is 25.1. The van der Waals surface area contributed by atoms with Crippen LogP contribution in [0.25, 0.3) is 0 Å². The maximum Gasteiger partial charge on any atom is 0.319 e. The highest BCUT2D eigenvalue weighted by Gasteiger charge is 2.39. The summed E-state index contributed by atoms with van der Waals surface area (Å²) in [4.78, 5) is 14.8. The Morgan fingerprint density at radius 2 is 1.59 bits per heavy atom. The zero-order valence-electron chi connectivity index (χ0n) is 22.3. The van der Waals surface area contributed by atoms with Crippen molar-refractivity contribution in [2.45, 2.75) is 38.6 Å². The molecule has 0 radical (unpaired) electrons. The molecule has 0 aliphatic carbocycles. The summed E-state index contributed by atoms with van der Waals surface area (Å²) in [5.74, 6) is 0.123. The lowest BCUT2D eigenvalue weighted by Gasteiger charge is -2.43. The largest absolute Gasteiger partial charge is 0.392 e. The Morgan fingerprint density at radius 1 is 0.897 bits per heavy atom. The first-order valence-corrected chi connectivity index (χ1v) is 13.6. The third kappa shape index (κ3) is 7.23. The lowest BCUT2D eigenvalue weighted by atomic mass is 9.90. The fourth-order valence-electron chi connectivity index (χ4n) is 5.04. The van der Waals surface area contributed by atoms with Gasteiger partial charge in [0.25, 0.3) is 0 Å². The number of aliphatic hydroxyl groups excluding tert-OH is 1. The highest BCUT2D eigenvalue weighted by molar-refractivity contribution is 5.89. The van der Waals surface area contributed by atoms with E-state index in [0.717, 1.165) is 55.1 Å². The second-order valence-electron chi connectivity index (χ2n) is 10.2. The molecule has 3 aromatic carbocycles. The van der Waals surface area contributed by atoms with Gasteiger partial charge in [-0.3, -0.25) is 4.90 Å². The van der Waals surface area contributed by atoms with Gasteiger partial charge in [-0.1, -0.05) is 73.7 Å². The minimum atomic E-state index is -0.546. The lowest BCUT2D eigenvalue weighted by Crippen LogP contribution is -2.47. The van der Waals surface area contributed by atoms with E-state index >= 15 is 0 Å². The second kappa shape index (κ2) is 13.2. The molecule has 4 atom stereocenters. The average molecular weight is 532 g/mol. The lowest BCUT2D eigenvalue weighted by molar-refractivity contribution is -0.277. The maximum absolute atomic E-state index is 12.4. The molecule has 5 rings (SSSR count). The Hall–Kier alpha value is -3.27. The molecule has 39 heavy (non-hydrogen) atoms. The summed E-state index contributed by atoms with van der Waals surface area (Å²) in [7, 11) is 0. The Labute approximate surface area is 229 Å². The van der Waals surface area contributed by atoms with Crippen molar-refractivity contribution in [2.75, 3.05) is 38.2 Å². The fraction of sp³-hybridized carbons (Fsp3) is 0.387. The van der Waals surface area contributed by atoms with Gasteiger partial charge in [-0.15, -0.1) is 0 Å². The Kier molecular flexibility index (Phi) is 9.23. The van der Waals surface area contributed by atoms with Crippen molar-refractivity contribution >= 4 is 11.7 Å². The smallest absolute Gasteiger partial charge is 0.319 e. The number of amides is 2. The quantitative estimate of drug-likeness (QED) is 0.393. The molecule has 2 aliphatic rings. The van der Waals surface area contributed by atoms with Crippen molar-refractivity contribution in [3.8, 4) is 0 Å². The summed E-state index contributed by atoms with van der Waals surface area (Å²) in [6.07, 6.45) is -0.745. The predicted molar refractivity (Wildman–Crippen MR) is 149 cm³/mol. The van der Waals surface area contributed by atoms with E-state index < -0.39 is 6.29 Å². The van der Waals surface area contributed by atoms with Crippen LogP contribution < -0.4 is 10.6 Å². The molecule has 8 nitrogen and oxygen atoms in total. The Bertz CT molecular complexity index is 1180. The third-order valence-corrected chi connectivity index (χ3v) is 7.40. The number of hydrogen-bond acceptors (Lipinski definition) is 6. The van der Waals surface area contributed by atoms with Crippen molar-refractivity contribution in [3.05, 3.63) is 101 Å². The first-order chi connectivity index (χ1) is 19.1. The van der Waals surface area contributed by atoms with Crippen molar-refractivity contribution in [2.24, 2.45) is 5.92 Å². The van der Waals surface area contributed by atoms with E-state index in [9.17, 15) is 9.90 Å². The molecular formula is C31H37N3O5. The van der Waals surface area contributed by atoms with Crippen LogP contribution in [0, 0.1) is 5.92 Å². The Balaban J connectivity index is 1.27. The highest BCUT2D eigenvalue weighted by Crippen LogP contribution is 2.42. The topological polar surface area (TPSA) is 92.3 Å². The number of nitrogens with one attached hydrogen (secondary N) is 2.